The summed E-state index contributed by atoms with van der Waals surface area (Å²) in [6.45, 7) is 3.79. The van der Waals surface area contributed by atoms with Gasteiger partial charge in [0.1, 0.15) is 19.0 Å². The highest BCUT2D eigenvalue weighted by Gasteiger charge is 2.08. The molecule has 1 aromatic rings. The summed E-state index contributed by atoms with van der Waals surface area (Å²) in [6, 6.07) is 0. The van der Waals surface area contributed by atoms with Gasteiger partial charge in [0.25, 0.3) is 0 Å². The smallest absolute Gasteiger partial charge is 0.348 e. The summed E-state index contributed by atoms with van der Waals surface area (Å²) in [5.41, 5.74) is 0. The van der Waals surface area contributed by atoms with Crippen molar-refractivity contribution in [2.24, 2.45) is 7.05 Å². The minimum atomic E-state index is -0.240. The van der Waals surface area contributed by atoms with Gasteiger partial charge in [-0.25, -0.2) is 13.9 Å². The molecule has 0 unspecified atom stereocenters. The molecule has 0 spiro atoms. The Kier molecular flexibility index (Phi) is 8.05. The first kappa shape index (κ1) is 15.6. The van der Waals surface area contributed by atoms with Crippen LogP contribution in [0.3, 0.4) is 0 Å². The summed E-state index contributed by atoms with van der Waals surface area (Å²) in [4.78, 5) is 11.3. The van der Waals surface area contributed by atoms with E-state index in [1.807, 2.05) is 37.3 Å². The highest BCUT2D eigenvalue weighted by Crippen LogP contribution is 1.88. The number of rotatable bonds is 7. The van der Waals surface area contributed by atoms with E-state index in [9.17, 15) is 4.79 Å². The molecule has 0 amide bonds. The number of esters is 1. The number of hydrogen-bond donors (Lipinski definition) is 0. The molecule has 1 aromatic heterocycles. The Hall–Kier alpha value is -1.36. The molecule has 0 aromatic carbocycles. The normalized spacial score (nSPS) is 9.76. The number of carbonyl (C=O) groups is 1. The molecule has 1 heterocycles. The molecule has 98 valence electrons. The molecule has 0 saturated heterocycles. The van der Waals surface area contributed by atoms with E-state index in [-0.39, 0.29) is 19.9 Å². The predicted molar refractivity (Wildman–Crippen MR) is 64.4 cm³/mol. The van der Waals surface area contributed by atoms with Crippen LogP contribution in [-0.4, -0.2) is 30.4 Å². The highest BCUT2D eigenvalue weighted by molar-refractivity contribution is 5.69. The Labute approximate surface area is 103 Å². The van der Waals surface area contributed by atoms with Crippen LogP contribution in [0.2, 0.25) is 0 Å². The fourth-order valence-corrected chi connectivity index (χ4v) is 1.25. The van der Waals surface area contributed by atoms with Crippen molar-refractivity contribution in [1.82, 2.24) is 4.57 Å². The Morgan fingerprint density at radius 2 is 2.12 bits per heavy atom. The topological polar surface area (TPSA) is 44.3 Å². The molecule has 0 aliphatic rings. The zero-order valence-electron chi connectivity index (χ0n) is 9.89. The van der Waals surface area contributed by atoms with Crippen molar-refractivity contribution in [3.63, 3.8) is 0 Å². The maximum atomic E-state index is 11.3. The van der Waals surface area contributed by atoms with Gasteiger partial charge < -0.3 is 9.47 Å². The van der Waals surface area contributed by atoms with E-state index in [1.54, 1.807) is 4.57 Å². The molecule has 1 rings (SSSR count). The van der Waals surface area contributed by atoms with Gasteiger partial charge in [-0.05, 0) is 6.42 Å². The number of nitrogens with zero attached hydrogens (tertiary/aromatic N) is 2. The number of ether oxygens (including phenoxy) is 2. The summed E-state index contributed by atoms with van der Waals surface area (Å²) in [6.07, 6.45) is 6.51. The second-order valence-electron chi connectivity index (χ2n) is 3.58. The summed E-state index contributed by atoms with van der Waals surface area (Å²) >= 11 is 0. The highest BCUT2D eigenvalue weighted by atomic mass is 16.6. The number of aryl methyl sites for hydroxylation is 1. The fourth-order valence-electron chi connectivity index (χ4n) is 1.25. The number of carbonyl (C=O) groups excluding carboxylic acids is 1. The standard InChI is InChI=1S/C11H19N2O3.CH4/c1-3-6-15-7-8-16-11(14)9-13-5-4-12(2)10-13;/h4-5,10H,3,6-9H2,1-2H3;1H4/q+1;. The van der Waals surface area contributed by atoms with Gasteiger partial charge >= 0.3 is 5.97 Å². The lowest BCUT2D eigenvalue weighted by atomic mass is 10.5. The van der Waals surface area contributed by atoms with Crippen LogP contribution in [0.5, 0.6) is 0 Å². The van der Waals surface area contributed by atoms with Crippen molar-refractivity contribution in [3.8, 4) is 0 Å². The number of aromatic nitrogens is 2. The average molecular weight is 243 g/mol. The first-order valence-corrected chi connectivity index (χ1v) is 5.46. The van der Waals surface area contributed by atoms with Gasteiger partial charge in [-0.1, -0.05) is 14.4 Å². The Morgan fingerprint density at radius 1 is 1.35 bits per heavy atom. The molecule has 5 nitrogen and oxygen atoms in total. The van der Waals surface area contributed by atoms with Gasteiger partial charge in [0.15, 0.2) is 6.54 Å². The fraction of sp³-hybridized carbons (Fsp3) is 0.667. The van der Waals surface area contributed by atoms with Crippen LogP contribution in [0, 0.1) is 0 Å². The van der Waals surface area contributed by atoms with Gasteiger partial charge in [0, 0.05) is 6.61 Å². The summed E-state index contributed by atoms with van der Waals surface area (Å²) < 4.78 is 13.9. The van der Waals surface area contributed by atoms with E-state index in [4.69, 9.17) is 9.47 Å². The van der Waals surface area contributed by atoms with E-state index in [1.165, 1.54) is 0 Å². The first-order chi connectivity index (χ1) is 7.72. The predicted octanol–water partition coefficient (Wildman–Crippen LogP) is 0.918. The van der Waals surface area contributed by atoms with Crippen molar-refractivity contribution in [2.75, 3.05) is 19.8 Å². The molecule has 0 radical (unpaired) electrons. The Morgan fingerprint density at radius 3 is 2.71 bits per heavy atom. The summed E-state index contributed by atoms with van der Waals surface area (Å²) in [5.74, 6) is -0.240. The Bertz CT molecular complexity index is 323. The SMILES string of the molecule is C.CCCOCCOC(=O)Cn1cc[n+](C)c1. The van der Waals surface area contributed by atoms with E-state index in [2.05, 4.69) is 0 Å². The molecule has 0 fully saturated rings. The zero-order valence-corrected chi connectivity index (χ0v) is 9.89. The molecule has 0 atom stereocenters. The van der Waals surface area contributed by atoms with Crippen LogP contribution in [-0.2, 0) is 27.9 Å². The second kappa shape index (κ2) is 8.75. The van der Waals surface area contributed by atoms with Crippen molar-refractivity contribution in [2.45, 2.75) is 27.3 Å². The molecular weight excluding hydrogens is 220 g/mol. The van der Waals surface area contributed by atoms with E-state index < -0.39 is 0 Å². The van der Waals surface area contributed by atoms with Gasteiger partial charge in [0.2, 0.25) is 6.33 Å². The lowest BCUT2D eigenvalue weighted by molar-refractivity contribution is -0.671. The van der Waals surface area contributed by atoms with Gasteiger partial charge in [0.05, 0.1) is 13.7 Å². The van der Waals surface area contributed by atoms with Crippen molar-refractivity contribution < 1.29 is 18.8 Å². The maximum Gasteiger partial charge on any atom is 0.348 e. The van der Waals surface area contributed by atoms with Crippen LogP contribution in [0.4, 0.5) is 0 Å². The molecule has 0 aliphatic carbocycles. The molecule has 0 aliphatic heterocycles. The second-order valence-corrected chi connectivity index (χ2v) is 3.58. The van der Waals surface area contributed by atoms with E-state index in [0.717, 1.165) is 6.42 Å². The van der Waals surface area contributed by atoms with Crippen molar-refractivity contribution >= 4 is 5.97 Å². The van der Waals surface area contributed by atoms with Crippen LogP contribution in [0.25, 0.3) is 0 Å². The van der Waals surface area contributed by atoms with Crippen LogP contribution in [0.15, 0.2) is 18.7 Å². The first-order valence-electron chi connectivity index (χ1n) is 5.46. The monoisotopic (exact) mass is 243 g/mol. The third-order valence-corrected chi connectivity index (χ3v) is 1.97. The molecular formula is C12H23N2O3+. The molecule has 0 saturated carbocycles. The molecule has 17 heavy (non-hydrogen) atoms. The molecule has 0 N–H and O–H groups in total. The van der Waals surface area contributed by atoms with E-state index >= 15 is 0 Å². The maximum absolute atomic E-state index is 11.3. The third-order valence-electron chi connectivity index (χ3n) is 1.97. The van der Waals surface area contributed by atoms with Crippen LogP contribution >= 0.6 is 0 Å². The largest absolute Gasteiger partial charge is 0.460 e. The molecule has 0 bridgehead atoms. The summed E-state index contributed by atoms with van der Waals surface area (Å²) in [7, 11) is 1.90. The number of imidazole rings is 1. The minimum Gasteiger partial charge on any atom is -0.460 e. The van der Waals surface area contributed by atoms with Gasteiger partial charge in [-0.15, -0.1) is 0 Å². The van der Waals surface area contributed by atoms with Gasteiger partial charge in [-0.3, -0.25) is 0 Å². The average Bonchev–Trinajstić information content (AvgIpc) is 2.63. The lowest BCUT2D eigenvalue weighted by Gasteiger charge is -2.03. The van der Waals surface area contributed by atoms with Crippen molar-refractivity contribution in [3.05, 3.63) is 18.7 Å². The number of hydrogen-bond acceptors (Lipinski definition) is 3. The lowest BCUT2D eigenvalue weighted by Crippen LogP contribution is -2.24. The molecule has 5 heteroatoms. The minimum absolute atomic E-state index is 0. The van der Waals surface area contributed by atoms with Gasteiger partial charge in [-0.2, -0.15) is 0 Å². The summed E-state index contributed by atoms with van der Waals surface area (Å²) in [5, 5.41) is 0. The Balaban J connectivity index is 0.00000256. The van der Waals surface area contributed by atoms with E-state index in [0.29, 0.717) is 19.8 Å². The quantitative estimate of drug-likeness (QED) is 0.406. The zero-order chi connectivity index (χ0) is 11.8. The van der Waals surface area contributed by atoms with Crippen molar-refractivity contribution in [1.29, 1.82) is 0 Å². The van der Waals surface area contributed by atoms with Crippen LogP contribution < -0.4 is 4.57 Å². The van der Waals surface area contributed by atoms with Crippen LogP contribution in [0.1, 0.15) is 20.8 Å². The third kappa shape index (κ3) is 6.73.